The molecule has 1 aromatic rings. The van der Waals surface area contributed by atoms with Gasteiger partial charge in [0.2, 0.25) is 0 Å². The Hall–Kier alpha value is -1.51. The van der Waals surface area contributed by atoms with Gasteiger partial charge in [-0.3, -0.25) is 0 Å². The summed E-state index contributed by atoms with van der Waals surface area (Å²) in [5.74, 6) is 0. The number of rotatable bonds is 0. The van der Waals surface area contributed by atoms with Crippen molar-refractivity contribution in [3.8, 4) is 0 Å². The summed E-state index contributed by atoms with van der Waals surface area (Å²) >= 11 is 0. The van der Waals surface area contributed by atoms with Crippen LogP contribution in [0.25, 0.3) is 0 Å². The molecular formula is C11H14N2O. The van der Waals surface area contributed by atoms with Crippen molar-refractivity contribution < 1.29 is 4.79 Å². The maximum Gasteiger partial charge on any atom is 0.315 e. The summed E-state index contributed by atoms with van der Waals surface area (Å²) in [7, 11) is 0. The fraction of sp³-hybridized carbons (Fsp3) is 0.364. The first kappa shape index (κ1) is 9.06. The van der Waals surface area contributed by atoms with Gasteiger partial charge in [0.15, 0.2) is 0 Å². The molecule has 1 aliphatic rings. The minimum Gasteiger partial charge on any atom is -0.351 e. The number of urea groups is 1. The van der Waals surface area contributed by atoms with Crippen LogP contribution in [0.1, 0.15) is 16.7 Å². The van der Waals surface area contributed by atoms with Gasteiger partial charge in [-0.05, 0) is 30.0 Å². The van der Waals surface area contributed by atoms with Crippen molar-refractivity contribution in [2.45, 2.75) is 19.9 Å². The van der Waals surface area contributed by atoms with Gasteiger partial charge >= 0.3 is 6.03 Å². The van der Waals surface area contributed by atoms with E-state index in [1.54, 1.807) is 4.90 Å². The van der Waals surface area contributed by atoms with Gasteiger partial charge in [-0.15, -0.1) is 0 Å². The van der Waals surface area contributed by atoms with E-state index in [0.717, 1.165) is 13.0 Å². The molecule has 1 aliphatic heterocycles. The van der Waals surface area contributed by atoms with Gasteiger partial charge in [0.1, 0.15) is 0 Å². The van der Waals surface area contributed by atoms with Gasteiger partial charge in [0.25, 0.3) is 0 Å². The Kier molecular flexibility index (Phi) is 2.15. The van der Waals surface area contributed by atoms with Crippen molar-refractivity contribution in [3.05, 3.63) is 34.9 Å². The molecule has 74 valence electrons. The van der Waals surface area contributed by atoms with Crippen LogP contribution in [-0.2, 0) is 13.0 Å². The molecule has 2 amide bonds. The number of hydrogen-bond acceptors (Lipinski definition) is 1. The molecule has 0 saturated carbocycles. The first-order chi connectivity index (χ1) is 6.68. The molecule has 0 saturated heterocycles. The summed E-state index contributed by atoms with van der Waals surface area (Å²) in [6.45, 7) is 3.51. The summed E-state index contributed by atoms with van der Waals surface area (Å²) in [6.07, 6.45) is 0.922. The van der Waals surface area contributed by atoms with Gasteiger partial charge in [0, 0.05) is 13.1 Å². The summed E-state index contributed by atoms with van der Waals surface area (Å²) in [4.78, 5) is 12.7. The molecule has 0 aromatic heterocycles. The maximum atomic E-state index is 11.0. The van der Waals surface area contributed by atoms with E-state index in [1.807, 2.05) is 6.07 Å². The molecule has 1 heterocycles. The topological polar surface area (TPSA) is 46.3 Å². The van der Waals surface area contributed by atoms with E-state index in [0.29, 0.717) is 6.54 Å². The molecule has 0 aliphatic carbocycles. The van der Waals surface area contributed by atoms with Crippen LogP contribution in [0.5, 0.6) is 0 Å². The molecule has 0 bridgehead atoms. The molecule has 3 heteroatoms. The number of nitrogens with zero attached hydrogens (tertiary/aromatic N) is 1. The average Bonchev–Trinajstić information content (AvgIpc) is 2.17. The minimum atomic E-state index is -0.322. The third-order valence-corrected chi connectivity index (χ3v) is 2.81. The largest absolute Gasteiger partial charge is 0.351 e. The van der Waals surface area contributed by atoms with Crippen LogP contribution >= 0.6 is 0 Å². The second-order valence-electron chi connectivity index (χ2n) is 3.72. The second kappa shape index (κ2) is 3.33. The fourth-order valence-corrected chi connectivity index (χ4v) is 1.99. The SMILES string of the molecule is Cc1cccc2c1CCN(C(N)=O)C2. The van der Waals surface area contributed by atoms with Crippen molar-refractivity contribution in [2.24, 2.45) is 5.73 Å². The zero-order valence-corrected chi connectivity index (χ0v) is 8.29. The quantitative estimate of drug-likeness (QED) is 0.661. The molecule has 14 heavy (non-hydrogen) atoms. The lowest BCUT2D eigenvalue weighted by Crippen LogP contribution is -2.39. The van der Waals surface area contributed by atoms with E-state index in [9.17, 15) is 4.79 Å². The van der Waals surface area contributed by atoms with Gasteiger partial charge < -0.3 is 10.6 Å². The van der Waals surface area contributed by atoms with Gasteiger partial charge in [-0.1, -0.05) is 18.2 Å². The van der Waals surface area contributed by atoms with Crippen molar-refractivity contribution >= 4 is 6.03 Å². The predicted molar refractivity (Wildman–Crippen MR) is 54.9 cm³/mol. The number of benzene rings is 1. The average molecular weight is 190 g/mol. The van der Waals surface area contributed by atoms with Crippen molar-refractivity contribution in [2.75, 3.05) is 6.54 Å². The Balaban J connectivity index is 2.31. The molecule has 0 unspecified atom stereocenters. The van der Waals surface area contributed by atoms with E-state index < -0.39 is 0 Å². The van der Waals surface area contributed by atoms with Gasteiger partial charge in [0.05, 0.1) is 0 Å². The Morgan fingerprint density at radius 1 is 1.50 bits per heavy atom. The third kappa shape index (κ3) is 1.45. The van der Waals surface area contributed by atoms with Crippen LogP contribution in [0.2, 0.25) is 0 Å². The zero-order valence-electron chi connectivity index (χ0n) is 8.29. The van der Waals surface area contributed by atoms with E-state index in [2.05, 4.69) is 19.1 Å². The first-order valence-electron chi connectivity index (χ1n) is 4.80. The summed E-state index contributed by atoms with van der Waals surface area (Å²) in [6, 6.07) is 5.88. The summed E-state index contributed by atoms with van der Waals surface area (Å²) < 4.78 is 0. The van der Waals surface area contributed by atoms with E-state index in [-0.39, 0.29) is 6.03 Å². The van der Waals surface area contributed by atoms with Crippen LogP contribution < -0.4 is 5.73 Å². The molecule has 0 atom stereocenters. The number of hydrogen-bond donors (Lipinski definition) is 1. The highest BCUT2D eigenvalue weighted by Crippen LogP contribution is 2.21. The number of amides is 2. The first-order valence-corrected chi connectivity index (χ1v) is 4.80. The number of aryl methyl sites for hydroxylation is 1. The molecule has 3 nitrogen and oxygen atoms in total. The predicted octanol–water partition coefficient (Wildman–Crippen LogP) is 1.43. The Morgan fingerprint density at radius 2 is 2.29 bits per heavy atom. The molecule has 2 rings (SSSR count). The number of carbonyl (C=O) groups excluding carboxylic acids is 1. The Labute approximate surface area is 83.5 Å². The number of primary amides is 1. The lowest BCUT2D eigenvalue weighted by molar-refractivity contribution is 0.202. The molecular weight excluding hydrogens is 176 g/mol. The van der Waals surface area contributed by atoms with Crippen LogP contribution in [0.15, 0.2) is 18.2 Å². The smallest absolute Gasteiger partial charge is 0.315 e. The zero-order chi connectivity index (χ0) is 10.1. The normalized spacial score (nSPS) is 15.1. The standard InChI is InChI=1S/C11H14N2O/c1-8-3-2-4-9-7-13(11(12)14)6-5-10(8)9/h2-4H,5-7H2,1H3,(H2,12,14). The van der Waals surface area contributed by atoms with Gasteiger partial charge in [-0.2, -0.15) is 0 Å². The highest BCUT2D eigenvalue weighted by atomic mass is 16.2. The van der Waals surface area contributed by atoms with E-state index in [1.165, 1.54) is 16.7 Å². The highest BCUT2D eigenvalue weighted by Gasteiger charge is 2.19. The molecule has 0 radical (unpaired) electrons. The minimum absolute atomic E-state index is 0.322. The van der Waals surface area contributed by atoms with Crippen LogP contribution in [0.3, 0.4) is 0 Å². The van der Waals surface area contributed by atoms with Crippen molar-refractivity contribution in [1.82, 2.24) is 4.90 Å². The van der Waals surface area contributed by atoms with E-state index in [4.69, 9.17) is 5.73 Å². The van der Waals surface area contributed by atoms with E-state index >= 15 is 0 Å². The Morgan fingerprint density at radius 3 is 3.00 bits per heavy atom. The molecule has 1 aromatic carbocycles. The van der Waals surface area contributed by atoms with Gasteiger partial charge in [-0.25, -0.2) is 4.79 Å². The number of fused-ring (bicyclic) bond motifs is 1. The lowest BCUT2D eigenvalue weighted by atomic mass is 9.95. The Bertz CT molecular complexity index is 374. The second-order valence-corrected chi connectivity index (χ2v) is 3.72. The lowest BCUT2D eigenvalue weighted by Gasteiger charge is -2.28. The van der Waals surface area contributed by atoms with Crippen LogP contribution in [-0.4, -0.2) is 17.5 Å². The van der Waals surface area contributed by atoms with Crippen LogP contribution in [0.4, 0.5) is 4.79 Å². The molecule has 0 spiro atoms. The maximum absolute atomic E-state index is 11.0. The van der Waals surface area contributed by atoms with Crippen molar-refractivity contribution in [3.63, 3.8) is 0 Å². The third-order valence-electron chi connectivity index (χ3n) is 2.81. The molecule has 2 N–H and O–H groups in total. The summed E-state index contributed by atoms with van der Waals surface area (Å²) in [5.41, 5.74) is 9.17. The fourth-order valence-electron chi connectivity index (χ4n) is 1.99. The monoisotopic (exact) mass is 190 g/mol. The number of nitrogens with two attached hydrogens (primary N) is 1. The van der Waals surface area contributed by atoms with Crippen LogP contribution in [0, 0.1) is 6.92 Å². The van der Waals surface area contributed by atoms with Crippen molar-refractivity contribution in [1.29, 1.82) is 0 Å². The molecule has 0 fully saturated rings. The number of carbonyl (C=O) groups is 1. The highest BCUT2D eigenvalue weighted by molar-refractivity contribution is 5.72. The summed E-state index contributed by atoms with van der Waals surface area (Å²) in [5, 5.41) is 0.